The van der Waals surface area contributed by atoms with Gasteiger partial charge in [-0.25, -0.2) is 0 Å². The highest BCUT2D eigenvalue weighted by atomic mass is 16.7. The van der Waals surface area contributed by atoms with E-state index in [4.69, 9.17) is 23.7 Å². The van der Waals surface area contributed by atoms with Crippen LogP contribution in [0.2, 0.25) is 0 Å². The Balaban J connectivity index is 0.000000141. The smallest absolute Gasteiger partial charge is 0.313 e. The predicted molar refractivity (Wildman–Crippen MR) is 243 cm³/mol. The second-order valence-corrected chi connectivity index (χ2v) is 25.2. The van der Waals surface area contributed by atoms with Gasteiger partial charge < -0.3 is 23.7 Å². The molecule has 0 aromatic heterocycles. The van der Waals surface area contributed by atoms with E-state index in [2.05, 4.69) is 13.8 Å². The van der Waals surface area contributed by atoms with Gasteiger partial charge in [-0.15, -0.1) is 0 Å². The second-order valence-electron chi connectivity index (χ2n) is 25.2. The van der Waals surface area contributed by atoms with Gasteiger partial charge in [0.15, 0.2) is 6.29 Å². The number of carbonyl (C=O) groups is 3. The molecule has 0 spiro atoms. The number of fused-ring (bicyclic) bond motifs is 11. The van der Waals surface area contributed by atoms with Crippen molar-refractivity contribution in [3.05, 3.63) is 0 Å². The highest BCUT2D eigenvalue weighted by molar-refractivity contribution is 5.77. The Labute approximate surface area is 377 Å². The quantitative estimate of drug-likeness (QED) is 0.0737. The molecule has 0 aromatic rings. The van der Waals surface area contributed by atoms with Crippen LogP contribution in [0.5, 0.6) is 0 Å². The van der Waals surface area contributed by atoms with Gasteiger partial charge in [-0.05, 0) is 243 Å². The minimum atomic E-state index is -0.418. The normalized spacial score (nSPS) is 39.3. The molecule has 0 aliphatic heterocycles. The maximum atomic E-state index is 12.3. The first-order valence-corrected chi connectivity index (χ1v) is 26.0. The van der Waals surface area contributed by atoms with Crippen molar-refractivity contribution in [1.29, 1.82) is 0 Å². The van der Waals surface area contributed by atoms with E-state index in [1.807, 2.05) is 76.2 Å². The standard InChI is InChI=1S/C20H32O3.C18H30O3.C16H28O2/c1-5-20(3,4)19(21)23-11(2)22-16-10-14-9-15(16)18-13-7-6-12(8-13)17(14)18;1-5-17(3,4)16(19)20-12(2)21-18-9-13-6-14(10-18)8-15(7-13)11-18;1-6-15(2,3)14(17)18-16(4,5)13-10-11-7-8-12(13)9-11/h11-18H,5-10H2,1-4H3;12-15H,5-11H2,1-4H3;11-13H,6-10H2,1-5H3. The van der Waals surface area contributed by atoms with Crippen LogP contribution in [0, 0.1) is 87.3 Å². The Morgan fingerprint density at radius 2 is 1.03 bits per heavy atom. The van der Waals surface area contributed by atoms with Crippen molar-refractivity contribution in [3.8, 4) is 0 Å². The Morgan fingerprint density at radius 3 is 1.53 bits per heavy atom. The van der Waals surface area contributed by atoms with Gasteiger partial charge in [-0.3, -0.25) is 14.4 Å². The first-order valence-electron chi connectivity index (χ1n) is 26.0. The lowest BCUT2D eigenvalue weighted by atomic mass is 9.54. The van der Waals surface area contributed by atoms with Crippen LogP contribution < -0.4 is 0 Å². The van der Waals surface area contributed by atoms with Crippen LogP contribution in [0.4, 0.5) is 0 Å². The summed E-state index contributed by atoms with van der Waals surface area (Å²) in [5.41, 5.74) is -1.47. The Morgan fingerprint density at radius 1 is 0.532 bits per heavy atom. The molecule has 0 saturated heterocycles. The monoisotopic (exact) mass is 867 g/mol. The summed E-state index contributed by atoms with van der Waals surface area (Å²) >= 11 is 0. The van der Waals surface area contributed by atoms with E-state index in [0.29, 0.717) is 12.0 Å². The molecule has 62 heavy (non-hydrogen) atoms. The number of hydrogen-bond donors (Lipinski definition) is 0. The van der Waals surface area contributed by atoms with E-state index in [0.717, 1.165) is 84.4 Å². The highest BCUT2D eigenvalue weighted by Gasteiger charge is 2.63. The van der Waals surface area contributed by atoms with Crippen molar-refractivity contribution in [2.45, 2.75) is 235 Å². The van der Waals surface area contributed by atoms with E-state index in [1.54, 1.807) is 0 Å². The zero-order chi connectivity index (χ0) is 45.2. The molecule has 10 fully saturated rings. The molecule has 10 aliphatic rings. The number of rotatable bonds is 14. The first kappa shape index (κ1) is 48.3. The highest BCUT2D eigenvalue weighted by Crippen LogP contribution is 2.68. The second kappa shape index (κ2) is 18.2. The van der Waals surface area contributed by atoms with Crippen LogP contribution in [-0.4, -0.2) is 47.8 Å². The fourth-order valence-electron chi connectivity index (χ4n) is 15.1. The summed E-state index contributed by atoms with van der Waals surface area (Å²) in [7, 11) is 0. The minimum absolute atomic E-state index is 0.00477. The number of esters is 3. The first-order chi connectivity index (χ1) is 29.0. The van der Waals surface area contributed by atoms with Crippen LogP contribution in [0.1, 0.15) is 206 Å². The maximum Gasteiger partial charge on any atom is 0.313 e. The van der Waals surface area contributed by atoms with Gasteiger partial charge in [0.2, 0.25) is 6.29 Å². The largest absolute Gasteiger partial charge is 0.459 e. The molecule has 12 atom stereocenters. The molecule has 10 rings (SSSR count). The van der Waals surface area contributed by atoms with Gasteiger partial charge in [0.1, 0.15) is 5.60 Å². The number of carbonyl (C=O) groups excluding carboxylic acids is 3. The van der Waals surface area contributed by atoms with Crippen molar-refractivity contribution in [2.75, 3.05) is 0 Å². The van der Waals surface area contributed by atoms with Crippen molar-refractivity contribution < 1.29 is 38.1 Å². The van der Waals surface area contributed by atoms with Crippen molar-refractivity contribution in [1.82, 2.24) is 0 Å². The molecule has 10 aliphatic carbocycles. The summed E-state index contributed by atoms with van der Waals surface area (Å²) in [6.45, 7) is 25.8. The lowest BCUT2D eigenvalue weighted by Crippen LogP contribution is -2.53. The van der Waals surface area contributed by atoms with Gasteiger partial charge in [0, 0.05) is 5.92 Å². The number of hydrogen-bond acceptors (Lipinski definition) is 8. The van der Waals surface area contributed by atoms with Crippen molar-refractivity contribution in [2.24, 2.45) is 87.3 Å². The molecule has 0 aromatic carbocycles. The molecule has 10 saturated carbocycles. The average molecular weight is 867 g/mol. The summed E-state index contributed by atoms with van der Waals surface area (Å²) in [5.74, 6) is 10.1. The van der Waals surface area contributed by atoms with Gasteiger partial charge in [-0.1, -0.05) is 27.2 Å². The molecule has 0 heterocycles. The van der Waals surface area contributed by atoms with Gasteiger partial charge in [0.05, 0.1) is 27.9 Å². The molecule has 10 bridgehead atoms. The topological polar surface area (TPSA) is 97.4 Å². The summed E-state index contributed by atoms with van der Waals surface area (Å²) in [6, 6.07) is 0. The molecule has 354 valence electrons. The molecule has 0 N–H and O–H groups in total. The fourth-order valence-corrected chi connectivity index (χ4v) is 15.1. The average Bonchev–Trinajstić information content (AvgIpc) is 4.07. The minimum Gasteiger partial charge on any atom is -0.459 e. The summed E-state index contributed by atoms with van der Waals surface area (Å²) in [4.78, 5) is 36.7. The maximum absolute atomic E-state index is 12.3. The SMILES string of the molecule is CCC(C)(C)C(=O)OC(C)(C)C1CC2CCC1C2.CCC(C)(C)C(=O)OC(C)OC12CC3CC(CC(C3)C1)C2.CCC(C)(C)C(=O)OC(C)OC1CC2CC1C1C3CCC(C3)C21. The van der Waals surface area contributed by atoms with Gasteiger partial charge in [0.25, 0.3) is 0 Å². The third kappa shape index (κ3) is 10.0. The van der Waals surface area contributed by atoms with E-state index in [1.165, 1.54) is 96.3 Å². The predicted octanol–water partition coefficient (Wildman–Crippen LogP) is 12.9. The van der Waals surface area contributed by atoms with E-state index >= 15 is 0 Å². The summed E-state index contributed by atoms with van der Waals surface area (Å²) in [5, 5.41) is 0. The van der Waals surface area contributed by atoms with Gasteiger partial charge in [-0.2, -0.15) is 0 Å². The lowest BCUT2D eigenvalue weighted by Gasteiger charge is -2.56. The Bertz CT molecular complexity index is 1560. The molecule has 0 amide bonds. The van der Waals surface area contributed by atoms with Crippen LogP contribution in [0.3, 0.4) is 0 Å². The summed E-state index contributed by atoms with van der Waals surface area (Å²) < 4.78 is 29.6. The van der Waals surface area contributed by atoms with Gasteiger partial charge >= 0.3 is 17.9 Å². The third-order valence-electron chi connectivity index (χ3n) is 19.3. The Kier molecular flexibility index (Phi) is 14.2. The fraction of sp³-hybridized carbons (Fsp3) is 0.944. The molecule has 0 radical (unpaired) electrons. The zero-order valence-corrected chi connectivity index (χ0v) is 41.7. The third-order valence-corrected chi connectivity index (χ3v) is 19.3. The zero-order valence-electron chi connectivity index (χ0n) is 41.7. The summed E-state index contributed by atoms with van der Waals surface area (Å²) in [6.07, 6.45) is 22.0. The van der Waals surface area contributed by atoms with Crippen LogP contribution in [-0.2, 0) is 38.1 Å². The van der Waals surface area contributed by atoms with E-state index < -0.39 is 23.4 Å². The van der Waals surface area contributed by atoms with E-state index in [-0.39, 0.29) is 34.5 Å². The van der Waals surface area contributed by atoms with E-state index in [9.17, 15) is 14.4 Å². The Hall–Kier alpha value is -1.67. The molecule has 8 heteroatoms. The van der Waals surface area contributed by atoms with Crippen LogP contribution >= 0.6 is 0 Å². The lowest BCUT2D eigenvalue weighted by molar-refractivity contribution is -0.248. The molecule has 12 unspecified atom stereocenters. The molecular formula is C54H90O8. The van der Waals surface area contributed by atoms with Crippen LogP contribution in [0.15, 0.2) is 0 Å². The molecular weight excluding hydrogens is 777 g/mol. The van der Waals surface area contributed by atoms with Crippen LogP contribution in [0.25, 0.3) is 0 Å². The number of ether oxygens (including phenoxy) is 5. The van der Waals surface area contributed by atoms with Crippen molar-refractivity contribution in [3.63, 3.8) is 0 Å². The molecule has 8 nitrogen and oxygen atoms in total. The van der Waals surface area contributed by atoms with Crippen molar-refractivity contribution >= 4 is 17.9 Å².